The molecule has 1 aromatic rings. The van der Waals surface area contributed by atoms with E-state index in [0.29, 0.717) is 12.8 Å². The van der Waals surface area contributed by atoms with E-state index in [0.717, 1.165) is 10.0 Å². The lowest BCUT2D eigenvalue weighted by Crippen LogP contribution is -2.35. The molecule has 3 nitrogen and oxygen atoms in total. The van der Waals surface area contributed by atoms with E-state index in [1.54, 1.807) is 12.4 Å². The van der Waals surface area contributed by atoms with Crippen LogP contribution in [-0.2, 0) is 11.2 Å². The Morgan fingerprint density at radius 1 is 1.53 bits per heavy atom. The fourth-order valence-electron chi connectivity index (χ4n) is 1.35. The zero-order valence-corrected chi connectivity index (χ0v) is 10.5. The van der Waals surface area contributed by atoms with Gasteiger partial charge in [0.05, 0.1) is 0 Å². The molecule has 0 amide bonds. The van der Waals surface area contributed by atoms with Gasteiger partial charge in [-0.1, -0.05) is 0 Å². The zero-order valence-electron chi connectivity index (χ0n) is 8.96. The Labute approximate surface area is 98.2 Å². The number of carbonyl (C=O) groups is 1. The van der Waals surface area contributed by atoms with Gasteiger partial charge in [-0.05, 0) is 41.4 Å². The summed E-state index contributed by atoms with van der Waals surface area (Å²) < 4.78 is 0.889. The minimum absolute atomic E-state index is 0.141. The number of ketones is 1. The first kappa shape index (κ1) is 12.3. The second kappa shape index (κ2) is 4.86. The molecule has 0 saturated heterocycles. The SMILES string of the molecule is CC(C)(N)CC(=O)Cc1cncc(Br)c1. The molecule has 82 valence electrons. The van der Waals surface area contributed by atoms with Gasteiger partial charge in [0.15, 0.2) is 0 Å². The largest absolute Gasteiger partial charge is 0.325 e. The van der Waals surface area contributed by atoms with E-state index in [2.05, 4.69) is 20.9 Å². The van der Waals surface area contributed by atoms with Crippen LogP contribution in [0.2, 0.25) is 0 Å². The molecular weight excluding hydrogens is 256 g/mol. The lowest BCUT2D eigenvalue weighted by Gasteiger charge is -2.16. The Bertz CT molecular complexity index is 358. The molecule has 0 aliphatic carbocycles. The van der Waals surface area contributed by atoms with Gasteiger partial charge in [-0.25, -0.2) is 0 Å². The highest BCUT2D eigenvalue weighted by molar-refractivity contribution is 9.10. The zero-order chi connectivity index (χ0) is 11.5. The maximum absolute atomic E-state index is 11.6. The van der Waals surface area contributed by atoms with Crippen LogP contribution in [0.4, 0.5) is 0 Å². The van der Waals surface area contributed by atoms with Gasteiger partial charge < -0.3 is 5.73 Å². The third-order valence-electron chi connectivity index (χ3n) is 1.82. The predicted molar refractivity (Wildman–Crippen MR) is 63.5 cm³/mol. The molecule has 0 aliphatic heterocycles. The molecule has 0 radical (unpaired) electrons. The third-order valence-corrected chi connectivity index (χ3v) is 2.25. The monoisotopic (exact) mass is 270 g/mol. The van der Waals surface area contributed by atoms with E-state index in [1.165, 1.54) is 0 Å². The minimum atomic E-state index is -0.434. The molecule has 0 bridgehead atoms. The molecule has 0 spiro atoms. The second-order valence-electron chi connectivity index (χ2n) is 4.39. The van der Waals surface area contributed by atoms with Crippen molar-refractivity contribution >= 4 is 21.7 Å². The maximum Gasteiger partial charge on any atom is 0.139 e. The highest BCUT2D eigenvalue weighted by Gasteiger charge is 2.16. The van der Waals surface area contributed by atoms with Gasteiger partial charge in [-0.3, -0.25) is 9.78 Å². The van der Waals surface area contributed by atoms with Crippen molar-refractivity contribution < 1.29 is 4.79 Å². The summed E-state index contributed by atoms with van der Waals surface area (Å²) in [5.74, 6) is 0.141. The van der Waals surface area contributed by atoms with Crippen LogP contribution in [0, 0.1) is 0 Å². The quantitative estimate of drug-likeness (QED) is 0.912. The summed E-state index contributed by atoms with van der Waals surface area (Å²) >= 11 is 3.31. The standard InChI is InChI=1S/C11H15BrN2O/c1-11(2,13)5-10(15)4-8-3-9(12)7-14-6-8/h3,6-7H,4-5,13H2,1-2H3. The summed E-state index contributed by atoms with van der Waals surface area (Å²) in [5.41, 5.74) is 6.26. The van der Waals surface area contributed by atoms with Crippen molar-refractivity contribution in [3.63, 3.8) is 0 Å². The van der Waals surface area contributed by atoms with E-state index >= 15 is 0 Å². The van der Waals surface area contributed by atoms with Gasteiger partial charge in [-0.15, -0.1) is 0 Å². The average Bonchev–Trinajstić information content (AvgIpc) is 1.99. The van der Waals surface area contributed by atoms with Crippen molar-refractivity contribution in [3.05, 3.63) is 28.5 Å². The van der Waals surface area contributed by atoms with Crippen molar-refractivity contribution in [2.24, 2.45) is 5.73 Å². The van der Waals surface area contributed by atoms with Crippen LogP contribution in [0.25, 0.3) is 0 Å². The molecule has 0 aromatic carbocycles. The lowest BCUT2D eigenvalue weighted by molar-refractivity contribution is -0.119. The van der Waals surface area contributed by atoms with Crippen molar-refractivity contribution in [3.8, 4) is 0 Å². The van der Waals surface area contributed by atoms with Crippen LogP contribution >= 0.6 is 15.9 Å². The topological polar surface area (TPSA) is 56.0 Å². The molecule has 1 rings (SSSR count). The van der Waals surface area contributed by atoms with E-state index in [1.807, 2.05) is 19.9 Å². The van der Waals surface area contributed by atoms with Crippen molar-refractivity contribution in [2.75, 3.05) is 0 Å². The van der Waals surface area contributed by atoms with Gasteiger partial charge in [-0.2, -0.15) is 0 Å². The van der Waals surface area contributed by atoms with E-state index in [-0.39, 0.29) is 5.78 Å². The molecule has 0 saturated carbocycles. The molecule has 0 fully saturated rings. The van der Waals surface area contributed by atoms with Crippen molar-refractivity contribution in [1.29, 1.82) is 0 Å². The number of hydrogen-bond acceptors (Lipinski definition) is 3. The van der Waals surface area contributed by atoms with E-state index in [4.69, 9.17) is 5.73 Å². The third kappa shape index (κ3) is 5.04. The van der Waals surface area contributed by atoms with Crippen molar-refractivity contribution in [2.45, 2.75) is 32.2 Å². The summed E-state index contributed by atoms with van der Waals surface area (Å²) in [6.07, 6.45) is 4.18. The second-order valence-corrected chi connectivity index (χ2v) is 5.31. The Kier molecular flexibility index (Phi) is 3.99. The normalized spacial score (nSPS) is 11.5. The van der Waals surface area contributed by atoms with Gasteiger partial charge >= 0.3 is 0 Å². The Morgan fingerprint density at radius 2 is 2.20 bits per heavy atom. The summed E-state index contributed by atoms with van der Waals surface area (Å²) in [5, 5.41) is 0. The fraction of sp³-hybridized carbons (Fsp3) is 0.455. The van der Waals surface area contributed by atoms with Crippen LogP contribution < -0.4 is 5.73 Å². The maximum atomic E-state index is 11.6. The van der Waals surface area contributed by atoms with Crippen LogP contribution in [0.1, 0.15) is 25.8 Å². The molecule has 15 heavy (non-hydrogen) atoms. The minimum Gasteiger partial charge on any atom is -0.325 e. The number of halogens is 1. The van der Waals surface area contributed by atoms with Crippen molar-refractivity contribution in [1.82, 2.24) is 4.98 Å². The summed E-state index contributed by atoms with van der Waals surface area (Å²) in [7, 11) is 0. The molecule has 2 N–H and O–H groups in total. The van der Waals surface area contributed by atoms with Gasteiger partial charge in [0, 0.05) is 35.2 Å². The number of nitrogens with two attached hydrogens (primary N) is 1. The van der Waals surface area contributed by atoms with Crippen LogP contribution in [0.15, 0.2) is 22.9 Å². The van der Waals surface area contributed by atoms with Gasteiger partial charge in [0.25, 0.3) is 0 Å². The molecule has 4 heteroatoms. The highest BCUT2D eigenvalue weighted by Crippen LogP contribution is 2.12. The number of carbonyl (C=O) groups excluding carboxylic acids is 1. The Hall–Kier alpha value is -0.740. The Balaban J connectivity index is 2.59. The predicted octanol–water partition coefficient (Wildman–Crippen LogP) is 2.08. The molecule has 1 aromatic heterocycles. The smallest absolute Gasteiger partial charge is 0.139 e. The Morgan fingerprint density at radius 3 is 2.73 bits per heavy atom. The van der Waals surface area contributed by atoms with Crippen LogP contribution in [0.5, 0.6) is 0 Å². The highest BCUT2D eigenvalue weighted by atomic mass is 79.9. The number of Topliss-reactive ketones (excluding diaryl/α,β-unsaturated/α-hetero) is 1. The van der Waals surface area contributed by atoms with Crippen LogP contribution in [-0.4, -0.2) is 16.3 Å². The number of nitrogens with zero attached hydrogens (tertiary/aromatic N) is 1. The fourth-order valence-corrected chi connectivity index (χ4v) is 1.76. The first-order valence-electron chi connectivity index (χ1n) is 4.77. The summed E-state index contributed by atoms with van der Waals surface area (Å²) in [4.78, 5) is 15.6. The summed E-state index contributed by atoms with van der Waals surface area (Å²) in [6.45, 7) is 3.70. The lowest BCUT2D eigenvalue weighted by atomic mass is 9.96. The molecule has 0 atom stereocenters. The molecule has 0 unspecified atom stereocenters. The van der Waals surface area contributed by atoms with Crippen LogP contribution in [0.3, 0.4) is 0 Å². The molecule has 1 heterocycles. The number of aromatic nitrogens is 1. The van der Waals surface area contributed by atoms with Gasteiger partial charge in [0.2, 0.25) is 0 Å². The molecule has 0 aliphatic rings. The number of pyridine rings is 1. The van der Waals surface area contributed by atoms with E-state index < -0.39 is 5.54 Å². The summed E-state index contributed by atoms with van der Waals surface area (Å²) in [6, 6.07) is 1.90. The molecular formula is C11H15BrN2O. The first-order valence-corrected chi connectivity index (χ1v) is 5.56. The average molecular weight is 271 g/mol. The first-order chi connectivity index (χ1) is 6.87. The number of hydrogen-bond donors (Lipinski definition) is 1. The number of rotatable bonds is 4. The van der Waals surface area contributed by atoms with E-state index in [9.17, 15) is 4.79 Å². The van der Waals surface area contributed by atoms with Gasteiger partial charge in [0.1, 0.15) is 5.78 Å².